The Morgan fingerprint density at radius 3 is 2.71 bits per heavy atom. The Labute approximate surface area is 84.7 Å². The van der Waals surface area contributed by atoms with Gasteiger partial charge in [-0.3, -0.25) is 0 Å². The number of rotatable bonds is 2. The number of hydrogen-bond donors (Lipinski definition) is 1. The SMILES string of the molecule is Cc1cccc(NC2CC3CC3C2)n1. The number of nitrogens with one attached hydrogen (secondary N) is 1. The van der Waals surface area contributed by atoms with Crippen molar-refractivity contribution in [3.8, 4) is 0 Å². The lowest BCUT2D eigenvalue weighted by molar-refractivity contribution is 0.649. The molecule has 0 aliphatic heterocycles. The minimum Gasteiger partial charge on any atom is -0.367 e. The molecular weight excluding hydrogens is 172 g/mol. The van der Waals surface area contributed by atoms with Crippen LogP contribution in [0.3, 0.4) is 0 Å². The number of pyridine rings is 1. The van der Waals surface area contributed by atoms with Crippen molar-refractivity contribution in [1.82, 2.24) is 4.98 Å². The molecular formula is C12H16N2. The molecule has 2 saturated carbocycles. The van der Waals surface area contributed by atoms with Gasteiger partial charge in [-0.2, -0.15) is 0 Å². The third kappa shape index (κ3) is 1.49. The first kappa shape index (κ1) is 8.27. The van der Waals surface area contributed by atoms with Gasteiger partial charge in [0.15, 0.2) is 0 Å². The van der Waals surface area contributed by atoms with E-state index in [9.17, 15) is 0 Å². The molecule has 1 heterocycles. The van der Waals surface area contributed by atoms with Gasteiger partial charge in [0.05, 0.1) is 0 Å². The second-order valence-electron chi connectivity index (χ2n) is 4.73. The third-order valence-electron chi connectivity index (χ3n) is 3.48. The lowest BCUT2D eigenvalue weighted by Crippen LogP contribution is -2.17. The molecule has 1 N–H and O–H groups in total. The van der Waals surface area contributed by atoms with E-state index in [4.69, 9.17) is 0 Å². The summed E-state index contributed by atoms with van der Waals surface area (Å²) in [6, 6.07) is 6.86. The van der Waals surface area contributed by atoms with E-state index in [2.05, 4.69) is 22.4 Å². The van der Waals surface area contributed by atoms with Gasteiger partial charge in [-0.05, 0) is 50.2 Å². The third-order valence-corrected chi connectivity index (χ3v) is 3.48. The second kappa shape index (κ2) is 2.97. The monoisotopic (exact) mass is 188 g/mol. The van der Waals surface area contributed by atoms with Crippen LogP contribution in [-0.2, 0) is 0 Å². The number of aryl methyl sites for hydroxylation is 1. The molecule has 3 rings (SSSR count). The Morgan fingerprint density at radius 1 is 1.21 bits per heavy atom. The molecule has 2 aliphatic carbocycles. The lowest BCUT2D eigenvalue weighted by atomic mass is 10.1. The van der Waals surface area contributed by atoms with E-state index in [1.807, 2.05) is 13.0 Å². The summed E-state index contributed by atoms with van der Waals surface area (Å²) in [5.41, 5.74) is 1.10. The molecule has 0 aromatic carbocycles. The van der Waals surface area contributed by atoms with Crippen molar-refractivity contribution in [2.45, 2.75) is 32.2 Å². The Bertz CT molecular complexity index is 338. The molecule has 2 aliphatic rings. The minimum absolute atomic E-state index is 0.688. The van der Waals surface area contributed by atoms with Crippen molar-refractivity contribution in [2.24, 2.45) is 11.8 Å². The van der Waals surface area contributed by atoms with E-state index >= 15 is 0 Å². The molecule has 0 spiro atoms. The molecule has 1 aromatic rings. The number of fused-ring (bicyclic) bond motifs is 1. The van der Waals surface area contributed by atoms with Crippen LogP contribution in [0.2, 0.25) is 0 Å². The zero-order chi connectivity index (χ0) is 9.54. The topological polar surface area (TPSA) is 24.9 Å². The summed E-state index contributed by atoms with van der Waals surface area (Å²) < 4.78 is 0. The maximum absolute atomic E-state index is 4.47. The van der Waals surface area contributed by atoms with Crippen molar-refractivity contribution < 1.29 is 0 Å². The van der Waals surface area contributed by atoms with Crippen LogP contribution < -0.4 is 5.32 Å². The standard InChI is InChI=1S/C12H16N2/c1-8-3-2-4-12(13-8)14-11-6-9-5-10(9)7-11/h2-4,9-11H,5-7H2,1H3,(H,13,14). The zero-order valence-corrected chi connectivity index (χ0v) is 8.53. The summed E-state index contributed by atoms with van der Waals surface area (Å²) >= 11 is 0. The van der Waals surface area contributed by atoms with Crippen LogP contribution in [0, 0.1) is 18.8 Å². The van der Waals surface area contributed by atoms with Gasteiger partial charge in [-0.15, -0.1) is 0 Å². The van der Waals surface area contributed by atoms with Crippen LogP contribution >= 0.6 is 0 Å². The molecule has 0 bridgehead atoms. The zero-order valence-electron chi connectivity index (χ0n) is 8.53. The van der Waals surface area contributed by atoms with Crippen LogP contribution in [-0.4, -0.2) is 11.0 Å². The minimum atomic E-state index is 0.688. The average molecular weight is 188 g/mol. The molecule has 74 valence electrons. The predicted molar refractivity (Wildman–Crippen MR) is 57.2 cm³/mol. The Morgan fingerprint density at radius 2 is 2.00 bits per heavy atom. The summed E-state index contributed by atoms with van der Waals surface area (Å²) in [4.78, 5) is 4.47. The van der Waals surface area contributed by atoms with Gasteiger partial charge in [0.2, 0.25) is 0 Å². The maximum atomic E-state index is 4.47. The first-order valence-electron chi connectivity index (χ1n) is 5.51. The fraction of sp³-hybridized carbons (Fsp3) is 0.583. The number of aromatic nitrogens is 1. The van der Waals surface area contributed by atoms with Gasteiger partial charge in [0.1, 0.15) is 5.82 Å². The second-order valence-corrected chi connectivity index (χ2v) is 4.73. The van der Waals surface area contributed by atoms with Crippen LogP contribution in [0.5, 0.6) is 0 Å². The molecule has 0 radical (unpaired) electrons. The molecule has 2 heteroatoms. The summed E-state index contributed by atoms with van der Waals surface area (Å²) in [5, 5.41) is 3.53. The van der Waals surface area contributed by atoms with Crippen LogP contribution in [0.25, 0.3) is 0 Å². The Hall–Kier alpha value is -1.05. The van der Waals surface area contributed by atoms with E-state index in [0.29, 0.717) is 6.04 Å². The first-order valence-corrected chi connectivity index (χ1v) is 5.51. The highest BCUT2D eigenvalue weighted by Crippen LogP contribution is 2.52. The summed E-state index contributed by atoms with van der Waals surface area (Å²) in [5.74, 6) is 3.13. The fourth-order valence-corrected chi connectivity index (χ4v) is 2.67. The van der Waals surface area contributed by atoms with Gasteiger partial charge in [-0.25, -0.2) is 4.98 Å². The molecule has 14 heavy (non-hydrogen) atoms. The number of anilines is 1. The highest BCUT2D eigenvalue weighted by Gasteiger charge is 2.45. The largest absolute Gasteiger partial charge is 0.367 e. The predicted octanol–water partition coefficient (Wildman–Crippen LogP) is 2.60. The lowest BCUT2D eigenvalue weighted by Gasteiger charge is -2.14. The van der Waals surface area contributed by atoms with Crippen molar-refractivity contribution in [1.29, 1.82) is 0 Å². The summed E-state index contributed by atoms with van der Waals surface area (Å²) in [6.45, 7) is 2.04. The summed E-state index contributed by atoms with van der Waals surface area (Å²) in [6.07, 6.45) is 4.21. The normalized spacial score (nSPS) is 33.9. The van der Waals surface area contributed by atoms with E-state index in [1.165, 1.54) is 19.3 Å². The van der Waals surface area contributed by atoms with E-state index in [-0.39, 0.29) is 0 Å². The summed E-state index contributed by atoms with van der Waals surface area (Å²) in [7, 11) is 0. The van der Waals surface area contributed by atoms with Crippen molar-refractivity contribution in [3.63, 3.8) is 0 Å². The van der Waals surface area contributed by atoms with Crippen LogP contribution in [0.4, 0.5) is 5.82 Å². The molecule has 0 saturated heterocycles. The van der Waals surface area contributed by atoms with E-state index in [1.54, 1.807) is 0 Å². The van der Waals surface area contributed by atoms with Gasteiger partial charge in [0.25, 0.3) is 0 Å². The van der Waals surface area contributed by atoms with E-state index in [0.717, 1.165) is 23.3 Å². The molecule has 2 unspecified atom stereocenters. The quantitative estimate of drug-likeness (QED) is 0.771. The molecule has 2 fully saturated rings. The van der Waals surface area contributed by atoms with Gasteiger partial charge in [0, 0.05) is 11.7 Å². The van der Waals surface area contributed by atoms with Gasteiger partial charge >= 0.3 is 0 Å². The highest BCUT2D eigenvalue weighted by molar-refractivity contribution is 5.37. The number of nitrogens with zero attached hydrogens (tertiary/aromatic N) is 1. The Balaban J connectivity index is 1.66. The van der Waals surface area contributed by atoms with Gasteiger partial charge in [-0.1, -0.05) is 6.07 Å². The van der Waals surface area contributed by atoms with Crippen molar-refractivity contribution in [2.75, 3.05) is 5.32 Å². The van der Waals surface area contributed by atoms with Crippen LogP contribution in [0.1, 0.15) is 25.0 Å². The fourth-order valence-electron chi connectivity index (χ4n) is 2.67. The average Bonchev–Trinajstić information content (AvgIpc) is 2.74. The van der Waals surface area contributed by atoms with E-state index < -0.39 is 0 Å². The smallest absolute Gasteiger partial charge is 0.126 e. The molecule has 1 aromatic heterocycles. The molecule has 2 nitrogen and oxygen atoms in total. The van der Waals surface area contributed by atoms with Crippen molar-refractivity contribution >= 4 is 5.82 Å². The molecule has 2 atom stereocenters. The highest BCUT2D eigenvalue weighted by atomic mass is 15.0. The van der Waals surface area contributed by atoms with Crippen molar-refractivity contribution in [3.05, 3.63) is 23.9 Å². The number of hydrogen-bond acceptors (Lipinski definition) is 2. The molecule has 0 amide bonds. The Kier molecular flexibility index (Phi) is 1.76. The first-order chi connectivity index (χ1) is 6.81. The van der Waals surface area contributed by atoms with Crippen LogP contribution in [0.15, 0.2) is 18.2 Å². The maximum Gasteiger partial charge on any atom is 0.126 e. The van der Waals surface area contributed by atoms with Gasteiger partial charge < -0.3 is 5.32 Å².